The van der Waals surface area contributed by atoms with Crippen LogP contribution in [0, 0.1) is 29.5 Å². The molecule has 0 unspecified atom stereocenters. The summed E-state index contributed by atoms with van der Waals surface area (Å²) in [6.45, 7) is 8.66. The largest absolute Gasteiger partial charge is 0.487 e. The van der Waals surface area contributed by atoms with Crippen LogP contribution >= 0.6 is 23.4 Å². The molecule has 1 amide bonds. The number of methoxy groups -OCH3 is 2. The first kappa shape index (κ1) is 69.9. The topological polar surface area (TPSA) is 232 Å². The fourth-order valence-electron chi connectivity index (χ4n) is 12.5. The van der Waals surface area contributed by atoms with Gasteiger partial charge < -0.3 is 54.2 Å². The number of nitrogens with zero attached hydrogens (tertiary/aromatic N) is 3. The van der Waals surface area contributed by atoms with Crippen molar-refractivity contribution >= 4 is 69.2 Å². The molecule has 0 bridgehead atoms. The molecule has 2 aromatic heterocycles. The highest BCUT2D eigenvalue weighted by molar-refractivity contribution is 7.99. The normalized spacial score (nSPS) is 25.5. The summed E-state index contributed by atoms with van der Waals surface area (Å²) in [5, 5.41) is 42.7. The maximum Gasteiger partial charge on any atom is 0.329 e. The number of nitrogens with one attached hydrogen (secondary N) is 2. The lowest BCUT2D eigenvalue weighted by molar-refractivity contribution is -0.208. The van der Waals surface area contributed by atoms with Crippen LogP contribution in [0.25, 0.3) is 22.2 Å². The van der Waals surface area contributed by atoms with E-state index in [1.165, 1.54) is 25.4 Å². The third-order valence-electron chi connectivity index (χ3n) is 18.0. The highest BCUT2D eigenvalue weighted by Crippen LogP contribution is 2.36. The quantitative estimate of drug-likeness (QED) is 0.0170. The molecule has 5 aromatic rings. The number of ketones is 2. The molecule has 0 radical (unpaired) electrons. The number of Topliss-reactive ketones (excluding diaryl/α,β-unsaturated/α-hetero) is 2. The van der Waals surface area contributed by atoms with E-state index in [0.717, 1.165) is 109 Å². The highest BCUT2D eigenvalue weighted by Gasteiger charge is 2.48. The van der Waals surface area contributed by atoms with Gasteiger partial charge in [0.2, 0.25) is 5.79 Å². The van der Waals surface area contributed by atoms with Gasteiger partial charge in [0, 0.05) is 73.9 Å². The van der Waals surface area contributed by atoms with Crippen LogP contribution in [0.2, 0.25) is 5.02 Å². The third-order valence-corrected chi connectivity index (χ3v) is 19.3. The van der Waals surface area contributed by atoms with Crippen molar-refractivity contribution in [3.8, 4) is 17.1 Å². The predicted molar refractivity (Wildman–Crippen MR) is 349 cm³/mol. The van der Waals surface area contributed by atoms with Crippen LogP contribution in [0.5, 0.6) is 5.75 Å². The number of carbonyl (C=O) groups is 4. The monoisotopic (exact) mass is 1280 g/mol. The molecule has 1 saturated heterocycles. The van der Waals surface area contributed by atoms with E-state index < -0.39 is 65.6 Å². The molecule has 4 heterocycles. The molecular weight excluding hydrogens is 1190 g/mol. The van der Waals surface area contributed by atoms with E-state index in [2.05, 4.69) is 32.8 Å². The molecule has 8 rings (SSSR count). The Bertz CT molecular complexity index is 3270. The number of carbonyl (C=O) groups excluding carboxylic acids is 4. The van der Waals surface area contributed by atoms with E-state index in [1.807, 2.05) is 50.2 Å². The van der Waals surface area contributed by atoms with E-state index in [1.54, 1.807) is 57.2 Å². The number of furan rings is 1. The van der Waals surface area contributed by atoms with Crippen LogP contribution < -0.4 is 15.4 Å². The number of benzene rings is 3. The van der Waals surface area contributed by atoms with Gasteiger partial charge in [0.05, 0.1) is 35.4 Å². The summed E-state index contributed by atoms with van der Waals surface area (Å²) in [6.07, 6.45) is 13.1. The van der Waals surface area contributed by atoms with Crippen molar-refractivity contribution in [1.82, 2.24) is 20.2 Å². The molecule has 9 atom stereocenters. The zero-order chi connectivity index (χ0) is 64.3. The van der Waals surface area contributed by atoms with Gasteiger partial charge in [-0.1, -0.05) is 74.6 Å². The number of rotatable bonds is 19. The number of esters is 1. The minimum Gasteiger partial charge on any atom is -0.487 e. The minimum absolute atomic E-state index is 0.0445. The van der Waals surface area contributed by atoms with Gasteiger partial charge in [-0.3, -0.25) is 14.4 Å². The van der Waals surface area contributed by atoms with Gasteiger partial charge in [0.1, 0.15) is 59.8 Å². The Morgan fingerprint density at radius 1 is 0.900 bits per heavy atom. The maximum absolute atomic E-state index is 14.6. The fraction of sp³-hybridized carbons (Fsp3) is 0.543. The van der Waals surface area contributed by atoms with Crippen molar-refractivity contribution in [3.63, 3.8) is 0 Å². The van der Waals surface area contributed by atoms with Crippen molar-refractivity contribution in [2.24, 2.45) is 23.7 Å². The summed E-state index contributed by atoms with van der Waals surface area (Å²) < 4.78 is 43.7. The second-order valence-corrected chi connectivity index (χ2v) is 26.4. The molecule has 0 spiro atoms. The van der Waals surface area contributed by atoms with Crippen molar-refractivity contribution in [2.45, 2.75) is 180 Å². The lowest BCUT2D eigenvalue weighted by atomic mass is 9.82. The number of halogens is 2. The number of hydrogen-bond acceptors (Lipinski definition) is 17. The predicted octanol–water partition coefficient (Wildman–Crippen LogP) is 12.8. The standard InChI is InChI=1S/C70H91ClFN5O12S/c1-44-15-8-7-9-20-54(85-5)35-46(3)70(83,84)66(80)68(81)77-30-11-10-22-60(77)69(82)89-65(45(2)34-48-16-13-21-55(37-48)86-6)47(4)61(78)40-62(79)50(33-44)18-14-31-90-32-29-73-41-56-25-28-63(88-56)51-23-26-59-57(38-51)67(75-43-74-59)76-53-24-27-64(58(71)39-53)87-42-49-17-12-19-52(72)36-49/h12,17,19,23-28,33-34,36,38-39,43,46-48,50,54-55,60-61,65,73,78,83-84H,7-11,13-16,18,20-22,29-32,35,37,40-42H2,1-6H3,(H,74,75,76)/b44-33+,45-34+/t46-,47-,48+,50-,54-,55+,60+,61+,65-/m1/s1. The first-order chi connectivity index (χ1) is 43.3. The Balaban J connectivity index is 0.880. The first-order valence-corrected chi connectivity index (χ1v) is 33.5. The molecule has 3 aromatic carbocycles. The van der Waals surface area contributed by atoms with E-state index in [4.69, 9.17) is 35.0 Å². The highest BCUT2D eigenvalue weighted by atomic mass is 35.5. The van der Waals surface area contributed by atoms with Gasteiger partial charge in [-0.15, -0.1) is 0 Å². The Labute approximate surface area is 538 Å². The van der Waals surface area contributed by atoms with Crippen LogP contribution in [0.15, 0.2) is 107 Å². The summed E-state index contributed by atoms with van der Waals surface area (Å²) in [6, 6.07) is 20.2. The smallest absolute Gasteiger partial charge is 0.329 e. The number of cyclic esters (lactones) is 1. The minimum atomic E-state index is -3.00. The molecule has 1 aliphatic carbocycles. The van der Waals surface area contributed by atoms with Crippen molar-refractivity contribution in [3.05, 3.63) is 125 Å². The fourth-order valence-corrected chi connectivity index (χ4v) is 13.6. The van der Waals surface area contributed by atoms with Crippen LogP contribution in [-0.2, 0) is 46.5 Å². The van der Waals surface area contributed by atoms with Crippen LogP contribution in [0.3, 0.4) is 0 Å². The maximum atomic E-state index is 14.6. The van der Waals surface area contributed by atoms with Gasteiger partial charge in [-0.05, 0) is 174 Å². The number of aromatic nitrogens is 2. The number of allylic oxidation sites excluding steroid dienone is 3. The molecular formula is C70H91ClFN5O12S. The third kappa shape index (κ3) is 19.5. The summed E-state index contributed by atoms with van der Waals surface area (Å²) in [5.74, 6) is -4.71. The molecule has 2 aliphatic heterocycles. The van der Waals surface area contributed by atoms with Gasteiger partial charge in [-0.25, -0.2) is 19.2 Å². The Hall–Kier alpha value is -6.03. The molecule has 5 N–H and O–H groups in total. The average molecular weight is 1280 g/mol. The number of hydrogen-bond donors (Lipinski definition) is 5. The van der Waals surface area contributed by atoms with Gasteiger partial charge >= 0.3 is 5.97 Å². The molecule has 2 fully saturated rings. The van der Waals surface area contributed by atoms with Crippen molar-refractivity contribution in [1.29, 1.82) is 0 Å². The van der Waals surface area contributed by atoms with E-state index >= 15 is 0 Å². The lowest BCUT2D eigenvalue weighted by Crippen LogP contribution is -2.58. The Morgan fingerprint density at radius 3 is 2.48 bits per heavy atom. The number of thioether (sulfide) groups is 1. The lowest BCUT2D eigenvalue weighted by Gasteiger charge is -2.38. The summed E-state index contributed by atoms with van der Waals surface area (Å²) >= 11 is 8.41. The number of aliphatic hydroxyl groups is 3. The number of piperidine rings is 1. The van der Waals surface area contributed by atoms with Crippen molar-refractivity contribution < 1.29 is 62.3 Å². The summed E-state index contributed by atoms with van der Waals surface area (Å²) in [5.41, 5.74) is 4.77. The van der Waals surface area contributed by atoms with Gasteiger partial charge in [0.25, 0.3) is 11.7 Å². The Morgan fingerprint density at radius 2 is 1.69 bits per heavy atom. The zero-order valence-electron chi connectivity index (χ0n) is 52.9. The number of aliphatic hydroxyl groups excluding tert-OH is 1. The van der Waals surface area contributed by atoms with Gasteiger partial charge in [-0.2, -0.15) is 11.8 Å². The second-order valence-electron chi connectivity index (χ2n) is 24.8. The molecule has 20 heteroatoms. The number of fused-ring (bicyclic) bond motifs is 2. The summed E-state index contributed by atoms with van der Waals surface area (Å²) in [4.78, 5) is 66.9. The van der Waals surface area contributed by atoms with Crippen LogP contribution in [-0.4, -0.2) is 129 Å². The van der Waals surface area contributed by atoms with Crippen LogP contribution in [0.1, 0.15) is 142 Å². The number of amides is 1. The number of anilines is 2. The van der Waals surface area contributed by atoms with Crippen LogP contribution in [0.4, 0.5) is 15.9 Å². The molecule has 90 heavy (non-hydrogen) atoms. The zero-order valence-corrected chi connectivity index (χ0v) is 54.5. The first-order valence-electron chi connectivity index (χ1n) is 32.0. The van der Waals surface area contributed by atoms with Crippen molar-refractivity contribution in [2.75, 3.05) is 44.1 Å². The summed E-state index contributed by atoms with van der Waals surface area (Å²) in [7, 11) is 3.25. The number of ether oxygens (including phenoxy) is 4. The molecule has 3 aliphatic rings. The Kier molecular flexibility index (Phi) is 26.4. The molecule has 1 saturated carbocycles. The van der Waals surface area contributed by atoms with E-state index in [-0.39, 0.29) is 56.0 Å². The SMILES string of the molecule is CO[C@@H]1CCCCC/C(C)=C/[C@@H](CCCSCCNCc2ccc(-c3ccc4ncnc(Nc5ccc(OCc6cccc(F)c6)c(Cl)c5)c4c3)o2)C(=O)C[C@H](O)[C@@H](C)[C@@H](/C(C)=C/[C@@H]2CCC[C@H](OC)C2)OC(=O)[C@@H]2CCCCN2C(=O)C(=O)C(O)(O)[C@H](C)C1. The molecule has 488 valence electrons. The average Bonchev–Trinajstić information content (AvgIpc) is 1.04. The molecule has 17 nitrogen and oxygen atoms in total. The van der Waals surface area contributed by atoms with E-state index in [0.29, 0.717) is 71.4 Å². The van der Waals surface area contributed by atoms with E-state index in [9.17, 15) is 38.9 Å². The van der Waals surface area contributed by atoms with Gasteiger partial charge in [0.15, 0.2) is 0 Å². The second kappa shape index (κ2) is 34.0.